The number of carbonyl (C=O) groups excluding carboxylic acids is 3. The molecule has 0 radical (unpaired) electrons. The lowest BCUT2D eigenvalue weighted by Gasteiger charge is -2.32. The number of anilines is 2. The molecule has 2 N–H and O–H groups in total. The number of aryl methyl sites for hydroxylation is 2. The molecule has 1 aromatic carbocycles. The van der Waals surface area contributed by atoms with Crippen LogP contribution in [0.5, 0.6) is 0 Å². The normalized spacial score (nSPS) is 14.6. The smallest absolute Gasteiger partial charge is 0.251 e. The number of amides is 3. The van der Waals surface area contributed by atoms with Crippen molar-refractivity contribution in [1.82, 2.24) is 10.5 Å². The highest BCUT2D eigenvalue weighted by molar-refractivity contribution is 8.00. The molecule has 2 aromatic heterocycles. The maximum atomic E-state index is 13.6. The van der Waals surface area contributed by atoms with E-state index in [0.29, 0.717) is 23.0 Å². The van der Waals surface area contributed by atoms with E-state index in [0.717, 1.165) is 43.0 Å². The zero-order valence-electron chi connectivity index (χ0n) is 21.1. The molecule has 9 nitrogen and oxygen atoms in total. The SMILES string of the molecule is Cc1ccc(N(C(=O)CSCC(=O)Nc2cc(C)on2)[C@H](C(=O)NC2CCCCC2)c2ccco2)cc1. The van der Waals surface area contributed by atoms with Crippen LogP contribution >= 0.6 is 11.8 Å². The van der Waals surface area contributed by atoms with E-state index < -0.39 is 6.04 Å². The van der Waals surface area contributed by atoms with E-state index in [-0.39, 0.29) is 35.3 Å². The Kier molecular flexibility index (Phi) is 9.05. The van der Waals surface area contributed by atoms with Crippen molar-refractivity contribution in [1.29, 1.82) is 0 Å². The van der Waals surface area contributed by atoms with E-state index in [4.69, 9.17) is 8.94 Å². The Labute approximate surface area is 220 Å². The Balaban J connectivity index is 1.51. The fourth-order valence-corrected chi connectivity index (χ4v) is 5.07. The number of hydrogen-bond acceptors (Lipinski definition) is 7. The lowest BCUT2D eigenvalue weighted by Crippen LogP contribution is -2.47. The molecule has 0 unspecified atom stereocenters. The average Bonchev–Trinajstić information content (AvgIpc) is 3.55. The number of carbonyl (C=O) groups is 3. The van der Waals surface area contributed by atoms with Gasteiger partial charge in [-0.3, -0.25) is 19.3 Å². The predicted molar refractivity (Wildman–Crippen MR) is 142 cm³/mol. The van der Waals surface area contributed by atoms with Crippen LogP contribution in [0.2, 0.25) is 0 Å². The van der Waals surface area contributed by atoms with Crippen molar-refractivity contribution in [3.8, 4) is 0 Å². The molecule has 37 heavy (non-hydrogen) atoms. The molecule has 3 amide bonds. The third-order valence-corrected chi connectivity index (χ3v) is 7.12. The summed E-state index contributed by atoms with van der Waals surface area (Å²) in [6, 6.07) is 11.6. The molecule has 1 aliphatic carbocycles. The first-order valence-corrected chi connectivity index (χ1v) is 13.6. The summed E-state index contributed by atoms with van der Waals surface area (Å²) in [7, 11) is 0. The van der Waals surface area contributed by atoms with E-state index in [2.05, 4.69) is 15.8 Å². The Morgan fingerprint density at radius 3 is 2.49 bits per heavy atom. The highest BCUT2D eigenvalue weighted by Gasteiger charge is 2.35. The summed E-state index contributed by atoms with van der Waals surface area (Å²) in [5.41, 5.74) is 1.62. The summed E-state index contributed by atoms with van der Waals surface area (Å²) < 4.78 is 10.6. The molecule has 1 aliphatic rings. The topological polar surface area (TPSA) is 118 Å². The largest absolute Gasteiger partial charge is 0.467 e. The average molecular weight is 525 g/mol. The lowest BCUT2D eigenvalue weighted by atomic mass is 9.95. The molecule has 0 aliphatic heterocycles. The van der Waals surface area contributed by atoms with Gasteiger partial charge in [0.1, 0.15) is 11.5 Å². The van der Waals surface area contributed by atoms with Crippen molar-refractivity contribution in [2.75, 3.05) is 21.7 Å². The minimum atomic E-state index is -0.973. The number of thioether (sulfide) groups is 1. The monoisotopic (exact) mass is 524 g/mol. The van der Waals surface area contributed by atoms with Gasteiger partial charge >= 0.3 is 0 Å². The molecule has 4 rings (SSSR count). The first-order valence-electron chi connectivity index (χ1n) is 12.4. The number of benzene rings is 1. The Morgan fingerprint density at radius 1 is 1.08 bits per heavy atom. The standard InChI is InChI=1S/C27H32N4O5S/c1-18-10-12-21(13-11-18)31(25(33)17-37-16-24(32)29-23-15-19(2)36-30-23)26(22-9-6-14-35-22)27(34)28-20-7-4-3-5-8-20/h6,9-15,20,26H,3-5,7-8,16-17H2,1-2H3,(H,28,34)(H,29,30,32)/t26-/m0/s1. The van der Waals surface area contributed by atoms with Crippen LogP contribution in [-0.4, -0.2) is 40.4 Å². The molecule has 2 heterocycles. The number of hydrogen-bond donors (Lipinski definition) is 2. The Morgan fingerprint density at radius 2 is 1.84 bits per heavy atom. The Bertz CT molecular complexity index is 1190. The van der Waals surface area contributed by atoms with Crippen LogP contribution in [0.3, 0.4) is 0 Å². The number of nitrogens with zero attached hydrogens (tertiary/aromatic N) is 2. The van der Waals surface area contributed by atoms with E-state index in [9.17, 15) is 14.4 Å². The number of furan rings is 1. The molecule has 0 saturated heterocycles. The second-order valence-corrected chi connectivity index (χ2v) is 10.2. The number of nitrogens with one attached hydrogen (secondary N) is 2. The minimum absolute atomic E-state index is 0.00689. The van der Waals surface area contributed by atoms with E-state index in [1.165, 1.54) is 17.6 Å². The maximum Gasteiger partial charge on any atom is 0.251 e. The van der Waals surface area contributed by atoms with Gasteiger partial charge < -0.3 is 19.6 Å². The van der Waals surface area contributed by atoms with Gasteiger partial charge in [-0.2, -0.15) is 0 Å². The van der Waals surface area contributed by atoms with Gasteiger partial charge in [-0.05, 0) is 51.0 Å². The van der Waals surface area contributed by atoms with Crippen molar-refractivity contribution in [2.24, 2.45) is 0 Å². The highest BCUT2D eigenvalue weighted by atomic mass is 32.2. The van der Waals surface area contributed by atoms with Crippen LogP contribution in [-0.2, 0) is 14.4 Å². The fraction of sp³-hybridized carbons (Fsp3) is 0.407. The van der Waals surface area contributed by atoms with E-state index in [1.807, 2.05) is 31.2 Å². The Hall–Kier alpha value is -3.53. The minimum Gasteiger partial charge on any atom is -0.467 e. The summed E-state index contributed by atoms with van der Waals surface area (Å²) in [6.45, 7) is 3.69. The van der Waals surface area contributed by atoms with Crippen LogP contribution < -0.4 is 15.5 Å². The van der Waals surface area contributed by atoms with Crippen molar-refractivity contribution in [3.05, 3.63) is 65.8 Å². The van der Waals surface area contributed by atoms with Gasteiger partial charge in [0.2, 0.25) is 11.8 Å². The molecule has 1 saturated carbocycles. The number of rotatable bonds is 10. The van der Waals surface area contributed by atoms with Crippen LogP contribution in [0.1, 0.15) is 55.2 Å². The fourth-order valence-electron chi connectivity index (χ4n) is 4.39. The van der Waals surface area contributed by atoms with Crippen LogP contribution in [0.4, 0.5) is 11.5 Å². The van der Waals surface area contributed by atoms with Crippen LogP contribution in [0.25, 0.3) is 0 Å². The van der Waals surface area contributed by atoms with E-state index >= 15 is 0 Å². The van der Waals surface area contributed by atoms with Gasteiger partial charge in [-0.15, -0.1) is 11.8 Å². The molecule has 0 bridgehead atoms. The quantitative estimate of drug-likeness (QED) is 0.392. The molecule has 10 heteroatoms. The third-order valence-electron chi connectivity index (χ3n) is 6.21. The van der Waals surface area contributed by atoms with Crippen molar-refractivity contribution < 1.29 is 23.3 Å². The van der Waals surface area contributed by atoms with E-state index in [1.54, 1.807) is 25.1 Å². The zero-order valence-corrected chi connectivity index (χ0v) is 21.9. The predicted octanol–water partition coefficient (Wildman–Crippen LogP) is 4.78. The van der Waals surface area contributed by atoms with Crippen LogP contribution in [0.15, 0.2) is 57.7 Å². The first-order chi connectivity index (χ1) is 17.9. The summed E-state index contributed by atoms with van der Waals surface area (Å²) in [4.78, 5) is 41.0. The maximum absolute atomic E-state index is 13.6. The van der Waals surface area contributed by atoms with Crippen molar-refractivity contribution >= 4 is 41.0 Å². The molecular weight excluding hydrogens is 492 g/mol. The van der Waals surface area contributed by atoms with Gasteiger partial charge in [0.15, 0.2) is 11.9 Å². The van der Waals surface area contributed by atoms with Crippen LogP contribution in [0, 0.1) is 13.8 Å². The van der Waals surface area contributed by atoms with Gasteiger partial charge in [-0.25, -0.2) is 0 Å². The third kappa shape index (κ3) is 7.25. The summed E-state index contributed by atoms with van der Waals surface area (Å²) in [5.74, 6) is 0.443. The molecule has 1 atom stereocenters. The van der Waals surface area contributed by atoms with Crippen molar-refractivity contribution in [3.63, 3.8) is 0 Å². The van der Waals surface area contributed by atoms with Gasteiger partial charge in [-0.1, -0.05) is 42.1 Å². The first kappa shape index (κ1) is 26.5. The summed E-state index contributed by atoms with van der Waals surface area (Å²) >= 11 is 1.16. The van der Waals surface area contributed by atoms with Crippen molar-refractivity contribution in [2.45, 2.75) is 58.0 Å². The second kappa shape index (κ2) is 12.6. The molecule has 0 spiro atoms. The molecule has 1 fully saturated rings. The zero-order chi connectivity index (χ0) is 26.2. The lowest BCUT2D eigenvalue weighted by molar-refractivity contribution is -0.127. The molecular formula is C27H32N4O5S. The van der Waals surface area contributed by atoms with Gasteiger partial charge in [0.05, 0.1) is 17.8 Å². The van der Waals surface area contributed by atoms with Gasteiger partial charge in [0.25, 0.3) is 5.91 Å². The number of aromatic nitrogens is 1. The highest BCUT2D eigenvalue weighted by Crippen LogP contribution is 2.30. The summed E-state index contributed by atoms with van der Waals surface area (Å²) in [6.07, 6.45) is 6.66. The van der Waals surface area contributed by atoms with Gasteiger partial charge in [0, 0.05) is 17.8 Å². The second-order valence-electron chi connectivity index (χ2n) is 9.22. The summed E-state index contributed by atoms with van der Waals surface area (Å²) in [5, 5.41) is 9.54. The molecule has 3 aromatic rings. The molecule has 196 valence electrons.